The molecule has 3 heterocycles. The molecule has 1 aliphatic heterocycles. The molecule has 0 aliphatic carbocycles. The standard InChI is InChI=1S/C16H20N4O2S/c1-11(14-4-3-7-23-14)17-15(21)10-20-6-5-13-12(9-20)8-16(22)19(2)18-13/h3-4,7-8,11H,5-6,9-10H2,1-2H3,(H,17,21)/t11-/m0/s1. The maximum atomic E-state index is 12.2. The van der Waals surface area contributed by atoms with Gasteiger partial charge in [-0.3, -0.25) is 14.5 Å². The topological polar surface area (TPSA) is 67.2 Å². The number of thiophene rings is 1. The molecule has 1 atom stereocenters. The number of nitrogens with zero attached hydrogens (tertiary/aromatic N) is 3. The average Bonchev–Trinajstić information content (AvgIpc) is 3.03. The summed E-state index contributed by atoms with van der Waals surface area (Å²) in [5.41, 5.74) is 1.77. The Hall–Kier alpha value is -1.99. The highest BCUT2D eigenvalue weighted by atomic mass is 32.1. The van der Waals surface area contributed by atoms with Gasteiger partial charge in [-0.1, -0.05) is 6.07 Å². The summed E-state index contributed by atoms with van der Waals surface area (Å²) in [5.74, 6) is 0.00569. The Labute approximate surface area is 138 Å². The summed E-state index contributed by atoms with van der Waals surface area (Å²) < 4.78 is 1.36. The van der Waals surface area contributed by atoms with E-state index in [-0.39, 0.29) is 17.5 Å². The summed E-state index contributed by atoms with van der Waals surface area (Å²) in [6.07, 6.45) is 0.761. The van der Waals surface area contributed by atoms with Crippen LogP contribution in [0.5, 0.6) is 0 Å². The third-order valence-electron chi connectivity index (χ3n) is 4.03. The first-order chi connectivity index (χ1) is 11.0. The molecule has 1 aliphatic rings. The second kappa shape index (κ2) is 6.64. The van der Waals surface area contributed by atoms with Crippen LogP contribution >= 0.6 is 11.3 Å². The van der Waals surface area contributed by atoms with Gasteiger partial charge >= 0.3 is 0 Å². The SMILES string of the molecule is C[C@H](NC(=O)CN1CCc2nn(C)c(=O)cc2C1)c1cccs1. The molecule has 0 saturated heterocycles. The summed E-state index contributed by atoms with van der Waals surface area (Å²) in [4.78, 5) is 27.1. The predicted octanol–water partition coefficient (Wildman–Crippen LogP) is 1.08. The molecule has 2 aromatic rings. The molecule has 0 radical (unpaired) electrons. The van der Waals surface area contributed by atoms with E-state index in [1.807, 2.05) is 24.4 Å². The summed E-state index contributed by atoms with van der Waals surface area (Å²) in [6, 6.07) is 5.65. The number of fused-ring (bicyclic) bond motifs is 1. The second-order valence-corrected chi connectivity index (χ2v) is 6.82. The molecule has 0 spiro atoms. The molecule has 3 rings (SSSR count). The molecule has 0 unspecified atom stereocenters. The van der Waals surface area contributed by atoms with Crippen molar-refractivity contribution < 1.29 is 4.79 Å². The Balaban J connectivity index is 1.60. The van der Waals surface area contributed by atoms with E-state index in [9.17, 15) is 9.59 Å². The number of nitrogens with one attached hydrogen (secondary N) is 1. The molecule has 122 valence electrons. The number of amides is 1. The summed E-state index contributed by atoms with van der Waals surface area (Å²) >= 11 is 1.64. The highest BCUT2D eigenvalue weighted by molar-refractivity contribution is 7.10. The number of hydrogen-bond donors (Lipinski definition) is 1. The van der Waals surface area contributed by atoms with Gasteiger partial charge in [0.15, 0.2) is 0 Å². The minimum absolute atomic E-state index is 0.00569. The maximum Gasteiger partial charge on any atom is 0.266 e. The quantitative estimate of drug-likeness (QED) is 0.910. The first-order valence-corrected chi connectivity index (χ1v) is 8.52. The van der Waals surface area contributed by atoms with Crippen LogP contribution in [0.15, 0.2) is 28.4 Å². The lowest BCUT2D eigenvalue weighted by Gasteiger charge is -2.27. The highest BCUT2D eigenvalue weighted by Crippen LogP contribution is 2.18. The van der Waals surface area contributed by atoms with Gasteiger partial charge in [0.2, 0.25) is 5.91 Å². The zero-order chi connectivity index (χ0) is 16.4. The number of hydrogen-bond acceptors (Lipinski definition) is 5. The normalized spacial score (nSPS) is 15.9. The van der Waals surface area contributed by atoms with E-state index in [0.717, 1.165) is 29.1 Å². The van der Waals surface area contributed by atoms with Crippen molar-refractivity contribution in [1.29, 1.82) is 0 Å². The van der Waals surface area contributed by atoms with Crippen molar-refractivity contribution in [2.75, 3.05) is 13.1 Å². The van der Waals surface area contributed by atoms with Crippen molar-refractivity contribution in [3.63, 3.8) is 0 Å². The predicted molar refractivity (Wildman–Crippen MR) is 89.3 cm³/mol. The Bertz CT molecular complexity index is 754. The molecule has 6 nitrogen and oxygen atoms in total. The summed E-state index contributed by atoms with van der Waals surface area (Å²) in [6.45, 7) is 3.70. The molecule has 0 bridgehead atoms. The molecule has 23 heavy (non-hydrogen) atoms. The number of carbonyl (C=O) groups excluding carboxylic acids is 1. The van der Waals surface area contributed by atoms with Crippen LogP contribution in [0.1, 0.15) is 29.1 Å². The Morgan fingerprint density at radius 1 is 1.52 bits per heavy atom. The Kier molecular flexibility index (Phi) is 4.58. The smallest absolute Gasteiger partial charge is 0.266 e. The van der Waals surface area contributed by atoms with Crippen molar-refractivity contribution in [3.05, 3.63) is 50.1 Å². The third-order valence-corrected chi connectivity index (χ3v) is 5.09. The van der Waals surface area contributed by atoms with Crippen molar-refractivity contribution in [1.82, 2.24) is 20.0 Å². The molecular formula is C16H20N4O2S. The molecule has 0 aromatic carbocycles. The van der Waals surface area contributed by atoms with Crippen LogP contribution in [0, 0.1) is 0 Å². The van der Waals surface area contributed by atoms with Crippen LogP contribution in [0.3, 0.4) is 0 Å². The van der Waals surface area contributed by atoms with E-state index >= 15 is 0 Å². The summed E-state index contributed by atoms with van der Waals surface area (Å²) in [5, 5.41) is 9.32. The Morgan fingerprint density at radius 3 is 3.09 bits per heavy atom. The van der Waals surface area contributed by atoms with Gasteiger partial charge in [-0.15, -0.1) is 11.3 Å². The van der Waals surface area contributed by atoms with Crippen molar-refractivity contribution in [2.24, 2.45) is 7.05 Å². The van der Waals surface area contributed by atoms with Crippen LogP contribution in [-0.4, -0.2) is 33.7 Å². The van der Waals surface area contributed by atoms with E-state index in [2.05, 4.69) is 15.3 Å². The van der Waals surface area contributed by atoms with Crippen LogP contribution in [-0.2, 0) is 24.8 Å². The first-order valence-electron chi connectivity index (χ1n) is 7.64. The molecule has 2 aromatic heterocycles. The number of rotatable bonds is 4. The zero-order valence-electron chi connectivity index (χ0n) is 13.3. The fraction of sp³-hybridized carbons (Fsp3) is 0.438. The minimum Gasteiger partial charge on any atom is -0.348 e. The van der Waals surface area contributed by atoms with Gasteiger partial charge < -0.3 is 5.32 Å². The lowest BCUT2D eigenvalue weighted by molar-refractivity contribution is -0.123. The van der Waals surface area contributed by atoms with Gasteiger partial charge in [0.05, 0.1) is 18.3 Å². The molecule has 0 fully saturated rings. The molecular weight excluding hydrogens is 312 g/mol. The number of carbonyl (C=O) groups is 1. The van der Waals surface area contributed by atoms with Gasteiger partial charge in [-0.05, 0) is 23.9 Å². The maximum absolute atomic E-state index is 12.2. The van der Waals surface area contributed by atoms with E-state index in [1.54, 1.807) is 24.5 Å². The zero-order valence-corrected chi connectivity index (χ0v) is 14.1. The average molecular weight is 332 g/mol. The fourth-order valence-electron chi connectivity index (χ4n) is 2.79. The second-order valence-electron chi connectivity index (χ2n) is 5.84. The number of aromatic nitrogens is 2. The lowest BCUT2D eigenvalue weighted by atomic mass is 10.1. The van der Waals surface area contributed by atoms with E-state index < -0.39 is 0 Å². The van der Waals surface area contributed by atoms with E-state index in [0.29, 0.717) is 13.1 Å². The van der Waals surface area contributed by atoms with Gasteiger partial charge in [0, 0.05) is 37.5 Å². The van der Waals surface area contributed by atoms with Crippen LogP contribution in [0.4, 0.5) is 0 Å². The monoisotopic (exact) mass is 332 g/mol. The van der Waals surface area contributed by atoms with Crippen molar-refractivity contribution in [2.45, 2.75) is 25.9 Å². The Morgan fingerprint density at radius 2 is 2.35 bits per heavy atom. The van der Waals surface area contributed by atoms with Gasteiger partial charge in [-0.2, -0.15) is 5.10 Å². The van der Waals surface area contributed by atoms with Gasteiger partial charge in [0.25, 0.3) is 5.56 Å². The first kappa shape index (κ1) is 15.9. The fourth-order valence-corrected chi connectivity index (χ4v) is 3.52. The van der Waals surface area contributed by atoms with Crippen LogP contribution in [0.2, 0.25) is 0 Å². The van der Waals surface area contributed by atoms with Gasteiger partial charge in [-0.25, -0.2) is 4.68 Å². The van der Waals surface area contributed by atoms with Crippen molar-refractivity contribution in [3.8, 4) is 0 Å². The highest BCUT2D eigenvalue weighted by Gasteiger charge is 2.21. The summed E-state index contributed by atoms with van der Waals surface area (Å²) in [7, 11) is 1.66. The van der Waals surface area contributed by atoms with E-state index in [1.165, 1.54) is 4.68 Å². The molecule has 0 saturated carbocycles. The third kappa shape index (κ3) is 3.68. The molecule has 1 amide bonds. The van der Waals surface area contributed by atoms with Gasteiger partial charge in [0.1, 0.15) is 0 Å². The molecule has 1 N–H and O–H groups in total. The van der Waals surface area contributed by atoms with E-state index in [4.69, 9.17) is 0 Å². The van der Waals surface area contributed by atoms with Crippen molar-refractivity contribution >= 4 is 17.2 Å². The number of aryl methyl sites for hydroxylation is 1. The minimum atomic E-state index is -0.110. The lowest BCUT2D eigenvalue weighted by Crippen LogP contribution is -2.41. The largest absolute Gasteiger partial charge is 0.348 e. The van der Waals surface area contributed by atoms with Crippen LogP contribution < -0.4 is 10.9 Å². The van der Waals surface area contributed by atoms with Crippen LogP contribution in [0.25, 0.3) is 0 Å². The molecule has 7 heteroatoms.